The van der Waals surface area contributed by atoms with Crippen LogP contribution in [0.2, 0.25) is 5.02 Å². The van der Waals surface area contributed by atoms with Crippen LogP contribution in [-0.4, -0.2) is 11.0 Å². The lowest BCUT2D eigenvalue weighted by molar-refractivity contribution is -0.384. The van der Waals surface area contributed by atoms with E-state index in [1.165, 1.54) is 12.1 Å². The average Bonchev–Trinajstić information content (AvgIpc) is 2.97. The number of anilines is 1. The molecule has 0 bridgehead atoms. The number of benzene rings is 1. The first-order valence-electron chi connectivity index (χ1n) is 5.63. The van der Waals surface area contributed by atoms with Crippen LogP contribution in [0.1, 0.15) is 26.7 Å². The molecule has 1 aliphatic carbocycles. The average molecular weight is 255 g/mol. The van der Waals surface area contributed by atoms with Crippen LogP contribution in [0.4, 0.5) is 11.4 Å². The first kappa shape index (κ1) is 12.2. The topological polar surface area (TPSA) is 55.2 Å². The Bertz CT molecular complexity index is 458. The first-order chi connectivity index (χ1) is 7.92. The minimum Gasteiger partial charge on any atom is -0.376 e. The Morgan fingerprint density at radius 1 is 1.53 bits per heavy atom. The lowest BCUT2D eigenvalue weighted by Crippen LogP contribution is -2.25. The molecule has 1 atom stereocenters. The van der Waals surface area contributed by atoms with Gasteiger partial charge in [0.25, 0.3) is 5.69 Å². The van der Waals surface area contributed by atoms with Crippen LogP contribution in [0, 0.1) is 15.5 Å². The van der Waals surface area contributed by atoms with Crippen molar-refractivity contribution in [2.75, 3.05) is 5.32 Å². The summed E-state index contributed by atoms with van der Waals surface area (Å²) in [5.74, 6) is 0. The highest BCUT2D eigenvalue weighted by Gasteiger charge is 2.42. The van der Waals surface area contributed by atoms with Crippen molar-refractivity contribution >= 4 is 23.0 Å². The van der Waals surface area contributed by atoms with E-state index in [9.17, 15) is 10.1 Å². The maximum atomic E-state index is 10.9. The van der Waals surface area contributed by atoms with Gasteiger partial charge in [0, 0.05) is 17.1 Å². The third-order valence-corrected chi connectivity index (χ3v) is 3.85. The molecule has 1 aromatic carbocycles. The van der Waals surface area contributed by atoms with Gasteiger partial charge in [-0.2, -0.15) is 0 Å². The van der Waals surface area contributed by atoms with E-state index in [1.54, 1.807) is 6.07 Å². The molecular formula is C12H15ClN2O2. The Morgan fingerprint density at radius 2 is 2.18 bits per heavy atom. The monoisotopic (exact) mass is 254 g/mol. The van der Waals surface area contributed by atoms with E-state index in [0.717, 1.165) is 12.8 Å². The predicted octanol–water partition coefficient (Wildman–Crippen LogP) is 3.85. The lowest BCUT2D eigenvalue weighted by atomic mass is 10.0. The van der Waals surface area contributed by atoms with Gasteiger partial charge < -0.3 is 5.32 Å². The standard InChI is InChI=1S/C12H15ClN2O2/c1-8(12(2)5-6-12)14-10-7-9(13)3-4-11(10)15(16)17/h3-4,7-8,14H,5-6H2,1-2H3. The highest BCUT2D eigenvalue weighted by Crippen LogP contribution is 2.49. The molecule has 17 heavy (non-hydrogen) atoms. The van der Waals surface area contributed by atoms with Gasteiger partial charge in [-0.1, -0.05) is 18.5 Å². The van der Waals surface area contributed by atoms with Crippen LogP contribution >= 0.6 is 11.6 Å². The highest BCUT2D eigenvalue weighted by molar-refractivity contribution is 6.31. The van der Waals surface area contributed by atoms with E-state index in [-0.39, 0.29) is 22.1 Å². The van der Waals surface area contributed by atoms with E-state index in [2.05, 4.69) is 19.2 Å². The van der Waals surface area contributed by atoms with Crippen LogP contribution in [-0.2, 0) is 0 Å². The molecule has 1 saturated carbocycles. The zero-order chi connectivity index (χ0) is 12.6. The van der Waals surface area contributed by atoms with E-state index < -0.39 is 0 Å². The van der Waals surface area contributed by atoms with Crippen molar-refractivity contribution in [3.8, 4) is 0 Å². The second-order valence-corrected chi connectivity index (χ2v) is 5.38. The van der Waals surface area contributed by atoms with Gasteiger partial charge in [-0.25, -0.2) is 0 Å². The summed E-state index contributed by atoms with van der Waals surface area (Å²) in [4.78, 5) is 10.5. The summed E-state index contributed by atoms with van der Waals surface area (Å²) in [5.41, 5.74) is 0.838. The summed E-state index contributed by atoms with van der Waals surface area (Å²) in [5, 5.41) is 14.6. The highest BCUT2D eigenvalue weighted by atomic mass is 35.5. The fourth-order valence-corrected chi connectivity index (χ4v) is 1.99. The summed E-state index contributed by atoms with van der Waals surface area (Å²) in [6.45, 7) is 4.23. The predicted molar refractivity (Wildman–Crippen MR) is 68.5 cm³/mol. The van der Waals surface area contributed by atoms with Crippen LogP contribution in [0.3, 0.4) is 0 Å². The second kappa shape index (κ2) is 4.18. The Morgan fingerprint density at radius 3 is 2.71 bits per heavy atom. The summed E-state index contributed by atoms with van der Waals surface area (Å²) < 4.78 is 0. The minimum absolute atomic E-state index is 0.0745. The largest absolute Gasteiger partial charge is 0.376 e. The van der Waals surface area contributed by atoms with Gasteiger partial charge in [-0.3, -0.25) is 10.1 Å². The summed E-state index contributed by atoms with van der Waals surface area (Å²) in [6.07, 6.45) is 2.32. The van der Waals surface area contributed by atoms with Crippen molar-refractivity contribution < 1.29 is 4.92 Å². The van der Waals surface area contributed by atoms with E-state index >= 15 is 0 Å². The molecule has 0 radical (unpaired) electrons. The lowest BCUT2D eigenvalue weighted by Gasteiger charge is -2.21. The molecule has 2 rings (SSSR count). The molecule has 1 unspecified atom stereocenters. The normalized spacial score (nSPS) is 18.5. The molecule has 1 fully saturated rings. The Hall–Kier alpha value is -1.29. The number of hydrogen-bond donors (Lipinski definition) is 1. The summed E-state index contributed by atoms with van der Waals surface area (Å²) in [6, 6.07) is 4.79. The van der Waals surface area contributed by atoms with E-state index in [1.807, 2.05) is 0 Å². The molecule has 0 aromatic heterocycles. The number of nitro groups is 1. The fourth-order valence-electron chi connectivity index (χ4n) is 1.82. The number of nitrogens with one attached hydrogen (secondary N) is 1. The zero-order valence-electron chi connectivity index (χ0n) is 9.87. The van der Waals surface area contributed by atoms with Crippen molar-refractivity contribution in [1.29, 1.82) is 0 Å². The Labute approximate surface area is 105 Å². The molecular weight excluding hydrogens is 240 g/mol. The number of nitrogens with zero attached hydrogens (tertiary/aromatic N) is 1. The van der Waals surface area contributed by atoms with Crippen LogP contribution < -0.4 is 5.32 Å². The first-order valence-corrected chi connectivity index (χ1v) is 6.01. The molecule has 0 spiro atoms. The van der Waals surface area contributed by atoms with Crippen molar-refractivity contribution in [2.24, 2.45) is 5.41 Å². The molecule has 1 aliphatic rings. The minimum atomic E-state index is -0.388. The molecule has 0 aliphatic heterocycles. The van der Waals surface area contributed by atoms with Crippen LogP contribution in [0.15, 0.2) is 18.2 Å². The third kappa shape index (κ3) is 2.52. The quantitative estimate of drug-likeness (QED) is 0.656. The van der Waals surface area contributed by atoms with Gasteiger partial charge >= 0.3 is 0 Å². The van der Waals surface area contributed by atoms with Crippen LogP contribution in [0.25, 0.3) is 0 Å². The molecule has 1 N–H and O–H groups in total. The SMILES string of the molecule is CC(Nc1cc(Cl)ccc1[N+](=O)[O-])C1(C)CC1. The molecule has 92 valence electrons. The molecule has 0 saturated heterocycles. The Balaban J connectivity index is 2.24. The maximum absolute atomic E-state index is 10.9. The van der Waals surface area contributed by atoms with Crippen LogP contribution in [0.5, 0.6) is 0 Å². The van der Waals surface area contributed by atoms with Gasteiger partial charge in [0.1, 0.15) is 5.69 Å². The Kier molecular flexibility index (Phi) is 3.00. The third-order valence-electron chi connectivity index (χ3n) is 3.61. The zero-order valence-corrected chi connectivity index (χ0v) is 10.6. The van der Waals surface area contributed by atoms with Crippen molar-refractivity contribution in [3.05, 3.63) is 33.3 Å². The number of hydrogen-bond acceptors (Lipinski definition) is 3. The summed E-state index contributed by atoms with van der Waals surface area (Å²) in [7, 11) is 0. The second-order valence-electron chi connectivity index (χ2n) is 4.94. The fraction of sp³-hybridized carbons (Fsp3) is 0.500. The molecule has 4 nitrogen and oxygen atoms in total. The molecule has 0 heterocycles. The van der Waals surface area contributed by atoms with Gasteiger partial charge in [0.05, 0.1) is 4.92 Å². The number of nitro benzene ring substituents is 1. The van der Waals surface area contributed by atoms with Gasteiger partial charge in [-0.15, -0.1) is 0 Å². The molecule has 0 amide bonds. The molecule has 1 aromatic rings. The van der Waals surface area contributed by atoms with Crippen molar-refractivity contribution in [2.45, 2.75) is 32.7 Å². The van der Waals surface area contributed by atoms with Gasteiger partial charge in [-0.05, 0) is 37.3 Å². The van der Waals surface area contributed by atoms with Crippen molar-refractivity contribution in [3.63, 3.8) is 0 Å². The van der Waals surface area contributed by atoms with E-state index in [0.29, 0.717) is 10.7 Å². The number of halogens is 1. The van der Waals surface area contributed by atoms with Gasteiger partial charge in [0.15, 0.2) is 0 Å². The van der Waals surface area contributed by atoms with Gasteiger partial charge in [0.2, 0.25) is 0 Å². The van der Waals surface area contributed by atoms with E-state index in [4.69, 9.17) is 11.6 Å². The smallest absolute Gasteiger partial charge is 0.292 e. The van der Waals surface area contributed by atoms with Crippen molar-refractivity contribution in [1.82, 2.24) is 0 Å². The summed E-state index contributed by atoms with van der Waals surface area (Å²) >= 11 is 5.87. The molecule has 5 heteroatoms. The maximum Gasteiger partial charge on any atom is 0.292 e. The number of rotatable bonds is 4.